The first-order valence-corrected chi connectivity index (χ1v) is 10.8. The average molecular weight is 449 g/mol. The van der Waals surface area contributed by atoms with Gasteiger partial charge in [-0.05, 0) is 62.2 Å². The van der Waals surface area contributed by atoms with Gasteiger partial charge in [-0.15, -0.1) is 0 Å². The van der Waals surface area contributed by atoms with Crippen molar-refractivity contribution in [1.82, 2.24) is 0 Å². The van der Waals surface area contributed by atoms with E-state index < -0.39 is 0 Å². The fraction of sp³-hybridized carbons (Fsp3) is 0.259. The Morgan fingerprint density at radius 2 is 1.64 bits per heavy atom. The van der Waals surface area contributed by atoms with Crippen LogP contribution in [0, 0.1) is 5.82 Å². The number of nitrogens with one attached hydrogen (secondary N) is 1. The third kappa shape index (κ3) is 4.46. The van der Waals surface area contributed by atoms with Gasteiger partial charge in [0.2, 0.25) is 0 Å². The van der Waals surface area contributed by atoms with Gasteiger partial charge in [-0.2, -0.15) is 0 Å². The number of ether oxygens (including phenoxy) is 3. The van der Waals surface area contributed by atoms with Crippen molar-refractivity contribution in [2.24, 2.45) is 0 Å². The van der Waals surface area contributed by atoms with Gasteiger partial charge >= 0.3 is 0 Å². The van der Waals surface area contributed by atoms with E-state index in [0.717, 1.165) is 33.5 Å². The molecule has 3 N–H and O–H groups in total. The fourth-order valence-corrected chi connectivity index (χ4v) is 4.44. The predicted molar refractivity (Wildman–Crippen MR) is 131 cm³/mol. The minimum absolute atomic E-state index is 0.179. The lowest BCUT2D eigenvalue weighted by Crippen LogP contribution is -2.32. The number of hydrogen-bond acceptors (Lipinski definition) is 5. The van der Waals surface area contributed by atoms with E-state index in [1.54, 1.807) is 38.5 Å². The van der Waals surface area contributed by atoms with E-state index in [4.69, 9.17) is 19.9 Å². The largest absolute Gasteiger partial charge is 0.496 e. The predicted octanol–water partition coefficient (Wildman–Crippen LogP) is 6.28. The third-order valence-corrected chi connectivity index (χ3v) is 5.75. The molecule has 0 aromatic heterocycles. The number of halogens is 1. The monoisotopic (exact) mass is 448 g/mol. The zero-order valence-electron chi connectivity index (χ0n) is 19.6. The number of allylic oxidation sites excluding steroid dienone is 1. The molecule has 1 aliphatic rings. The van der Waals surface area contributed by atoms with Crippen LogP contribution in [-0.4, -0.2) is 19.8 Å². The van der Waals surface area contributed by atoms with E-state index in [0.29, 0.717) is 22.9 Å². The summed E-state index contributed by atoms with van der Waals surface area (Å²) in [6, 6.07) is 13.9. The summed E-state index contributed by atoms with van der Waals surface area (Å²) in [5, 5.41) is 3.59. The molecule has 172 valence electrons. The maximum absolute atomic E-state index is 13.9. The second-order valence-corrected chi connectivity index (χ2v) is 8.73. The average Bonchev–Trinajstić information content (AvgIpc) is 2.76. The standard InChI is InChI=1S/C27H29FN2O3/c1-16-14-27(2,3)30-22-10-9-19(20-8-6-17(28)12-24(20)32-5)21(26(16)22)15-33-25-13-18(29)7-11-23(25)31-4/h6-14,30H,15,29H2,1-5H3. The lowest BCUT2D eigenvalue weighted by Gasteiger charge is -2.33. The highest BCUT2D eigenvalue weighted by atomic mass is 19.1. The normalized spacial score (nSPS) is 14.1. The Kier molecular flexibility index (Phi) is 5.93. The fourth-order valence-electron chi connectivity index (χ4n) is 4.44. The number of rotatable bonds is 6. The molecule has 4 rings (SSSR count). The van der Waals surface area contributed by atoms with Crippen LogP contribution in [0.3, 0.4) is 0 Å². The number of methoxy groups -OCH3 is 2. The highest BCUT2D eigenvalue weighted by Gasteiger charge is 2.27. The minimum Gasteiger partial charge on any atom is -0.496 e. The van der Waals surface area contributed by atoms with Crippen LogP contribution in [0.1, 0.15) is 31.9 Å². The first-order valence-electron chi connectivity index (χ1n) is 10.8. The first-order chi connectivity index (χ1) is 15.7. The SMILES string of the molecule is COc1ccc(N)cc1OCc1c(-c2ccc(F)cc2OC)ccc2c1C(C)=CC(C)(C)N2. The maximum Gasteiger partial charge on any atom is 0.163 e. The number of nitrogens with two attached hydrogens (primary N) is 1. The molecule has 6 heteroatoms. The Morgan fingerprint density at radius 3 is 2.36 bits per heavy atom. The lowest BCUT2D eigenvalue weighted by atomic mass is 9.85. The van der Waals surface area contributed by atoms with Crippen LogP contribution in [0.4, 0.5) is 15.8 Å². The summed E-state index contributed by atoms with van der Waals surface area (Å²) in [6.45, 7) is 6.61. The third-order valence-electron chi connectivity index (χ3n) is 5.75. The van der Waals surface area contributed by atoms with Crippen molar-refractivity contribution in [3.8, 4) is 28.4 Å². The maximum atomic E-state index is 13.9. The molecule has 0 saturated heterocycles. The summed E-state index contributed by atoms with van der Waals surface area (Å²) >= 11 is 0. The van der Waals surface area contributed by atoms with Gasteiger partial charge < -0.3 is 25.3 Å². The molecular weight excluding hydrogens is 419 g/mol. The van der Waals surface area contributed by atoms with Crippen LogP contribution in [0.25, 0.3) is 16.7 Å². The summed E-state index contributed by atoms with van der Waals surface area (Å²) in [5.74, 6) is 1.26. The molecule has 0 spiro atoms. The Morgan fingerprint density at radius 1 is 0.909 bits per heavy atom. The summed E-state index contributed by atoms with van der Waals surface area (Å²) in [4.78, 5) is 0. The van der Waals surface area contributed by atoms with Gasteiger partial charge in [-0.1, -0.05) is 12.1 Å². The second kappa shape index (κ2) is 8.70. The van der Waals surface area contributed by atoms with Crippen LogP contribution in [-0.2, 0) is 6.61 Å². The molecule has 33 heavy (non-hydrogen) atoms. The number of benzene rings is 3. The summed E-state index contributed by atoms with van der Waals surface area (Å²) in [5.41, 5.74) is 12.2. The van der Waals surface area contributed by atoms with Crippen LogP contribution < -0.4 is 25.3 Å². The van der Waals surface area contributed by atoms with Crippen LogP contribution in [0.2, 0.25) is 0 Å². The molecule has 0 aliphatic carbocycles. The molecule has 0 atom stereocenters. The lowest BCUT2D eigenvalue weighted by molar-refractivity contribution is 0.285. The number of nitrogen functional groups attached to an aromatic ring is 1. The van der Waals surface area contributed by atoms with Gasteiger partial charge in [-0.3, -0.25) is 0 Å². The van der Waals surface area contributed by atoms with Gasteiger partial charge in [0.1, 0.15) is 18.2 Å². The van der Waals surface area contributed by atoms with Gasteiger partial charge in [-0.25, -0.2) is 4.39 Å². The minimum atomic E-state index is -0.352. The van der Waals surface area contributed by atoms with Crippen molar-refractivity contribution < 1.29 is 18.6 Å². The Hall–Kier alpha value is -3.67. The molecular formula is C27H29FN2O3. The molecule has 0 radical (unpaired) electrons. The molecule has 0 fully saturated rings. The van der Waals surface area contributed by atoms with Gasteiger partial charge in [0, 0.05) is 40.2 Å². The summed E-state index contributed by atoms with van der Waals surface area (Å²) in [7, 11) is 3.14. The van der Waals surface area contributed by atoms with E-state index in [1.165, 1.54) is 12.1 Å². The number of hydrogen-bond donors (Lipinski definition) is 2. The summed E-state index contributed by atoms with van der Waals surface area (Å²) < 4.78 is 31.1. The molecule has 0 amide bonds. The smallest absolute Gasteiger partial charge is 0.163 e. The van der Waals surface area contributed by atoms with Crippen molar-refractivity contribution in [3.63, 3.8) is 0 Å². The highest BCUT2D eigenvalue weighted by Crippen LogP contribution is 2.43. The van der Waals surface area contributed by atoms with E-state index in [9.17, 15) is 4.39 Å². The molecule has 0 saturated carbocycles. The molecule has 0 bridgehead atoms. The number of fused-ring (bicyclic) bond motifs is 1. The van der Waals surface area contributed by atoms with E-state index in [-0.39, 0.29) is 18.0 Å². The van der Waals surface area contributed by atoms with Crippen molar-refractivity contribution in [3.05, 3.63) is 71.6 Å². The van der Waals surface area contributed by atoms with Crippen molar-refractivity contribution in [2.75, 3.05) is 25.3 Å². The molecule has 1 heterocycles. The van der Waals surface area contributed by atoms with Crippen LogP contribution >= 0.6 is 0 Å². The Bertz CT molecular complexity index is 1230. The first kappa shape index (κ1) is 22.5. The molecule has 0 unspecified atom stereocenters. The number of anilines is 2. The van der Waals surface area contributed by atoms with Gasteiger partial charge in [0.05, 0.1) is 19.8 Å². The van der Waals surface area contributed by atoms with Crippen LogP contribution in [0.5, 0.6) is 17.2 Å². The van der Waals surface area contributed by atoms with Gasteiger partial charge in [0.15, 0.2) is 11.5 Å². The molecule has 3 aromatic carbocycles. The zero-order chi connectivity index (χ0) is 23.8. The Labute approximate surface area is 194 Å². The molecule has 3 aromatic rings. The van der Waals surface area contributed by atoms with E-state index >= 15 is 0 Å². The molecule has 5 nitrogen and oxygen atoms in total. The Balaban J connectivity index is 1.87. The van der Waals surface area contributed by atoms with Crippen LogP contribution in [0.15, 0.2) is 54.6 Å². The highest BCUT2D eigenvalue weighted by molar-refractivity contribution is 5.88. The van der Waals surface area contributed by atoms with E-state index in [1.807, 2.05) is 6.07 Å². The quantitative estimate of drug-likeness (QED) is 0.435. The molecule has 1 aliphatic heterocycles. The zero-order valence-corrected chi connectivity index (χ0v) is 19.6. The van der Waals surface area contributed by atoms with Crippen molar-refractivity contribution in [1.29, 1.82) is 0 Å². The second-order valence-electron chi connectivity index (χ2n) is 8.73. The summed E-state index contributed by atoms with van der Waals surface area (Å²) in [6.07, 6.45) is 2.20. The topological polar surface area (TPSA) is 65.7 Å². The van der Waals surface area contributed by atoms with E-state index in [2.05, 4.69) is 38.2 Å². The van der Waals surface area contributed by atoms with Gasteiger partial charge in [0.25, 0.3) is 0 Å². The van der Waals surface area contributed by atoms with Crippen molar-refractivity contribution >= 4 is 16.9 Å². The van der Waals surface area contributed by atoms with Crippen molar-refractivity contribution in [2.45, 2.75) is 32.9 Å².